The van der Waals surface area contributed by atoms with Gasteiger partial charge in [0.2, 0.25) is 0 Å². The molecule has 0 aliphatic heterocycles. The molecule has 0 atom stereocenters. The molecule has 26 heavy (non-hydrogen) atoms. The number of nitrogens with zero attached hydrogens (tertiary/aromatic N) is 2. The van der Waals surface area contributed by atoms with Gasteiger partial charge in [0.15, 0.2) is 5.96 Å². The minimum atomic E-state index is 0.635. The third-order valence-electron chi connectivity index (χ3n) is 4.16. The fourth-order valence-electron chi connectivity index (χ4n) is 2.47. The fourth-order valence-corrected chi connectivity index (χ4v) is 2.47. The summed E-state index contributed by atoms with van der Waals surface area (Å²) in [4.78, 5) is 7.10. The average molecular weight is 365 g/mol. The Bertz CT molecular complexity index is 487. The summed E-state index contributed by atoms with van der Waals surface area (Å²) in [6, 6.07) is 8.03. The zero-order valence-electron chi connectivity index (χ0n) is 16.9. The molecular weight excluding hydrogens is 328 g/mol. The molecule has 0 bridgehead atoms. The van der Waals surface area contributed by atoms with Gasteiger partial charge in [-0.2, -0.15) is 0 Å². The Kier molecular flexibility index (Phi) is 12.3. The van der Waals surface area contributed by atoms with Crippen LogP contribution in [0.1, 0.15) is 32.8 Å². The Hall–Kier alpha value is -1.79. The molecule has 1 aromatic carbocycles. The number of methoxy groups -OCH3 is 1. The Morgan fingerprint density at radius 3 is 2.35 bits per heavy atom. The van der Waals surface area contributed by atoms with Crippen molar-refractivity contribution in [2.24, 2.45) is 4.99 Å². The van der Waals surface area contributed by atoms with Crippen LogP contribution in [0.15, 0.2) is 29.3 Å². The van der Waals surface area contributed by atoms with Crippen molar-refractivity contribution in [1.29, 1.82) is 0 Å². The third-order valence-corrected chi connectivity index (χ3v) is 4.16. The van der Waals surface area contributed by atoms with Crippen LogP contribution in [0, 0.1) is 0 Å². The number of hydrogen-bond donors (Lipinski definition) is 2. The van der Waals surface area contributed by atoms with Crippen LogP contribution in [0.2, 0.25) is 0 Å². The van der Waals surface area contributed by atoms with Gasteiger partial charge < -0.3 is 25.0 Å². The smallest absolute Gasteiger partial charge is 0.191 e. The summed E-state index contributed by atoms with van der Waals surface area (Å²) in [6.45, 7) is 13.4. The van der Waals surface area contributed by atoms with Gasteiger partial charge in [0, 0.05) is 32.8 Å². The maximum Gasteiger partial charge on any atom is 0.191 e. The number of guanidine groups is 1. The van der Waals surface area contributed by atoms with Gasteiger partial charge in [-0.15, -0.1) is 0 Å². The molecule has 0 radical (unpaired) electrons. The first-order chi connectivity index (χ1) is 12.7. The summed E-state index contributed by atoms with van der Waals surface area (Å²) in [5, 5.41) is 6.83. The van der Waals surface area contributed by atoms with Gasteiger partial charge in [-0.1, -0.05) is 26.0 Å². The molecule has 2 N–H and O–H groups in total. The molecule has 1 aromatic rings. The second-order valence-electron chi connectivity index (χ2n) is 5.94. The molecule has 0 aliphatic carbocycles. The van der Waals surface area contributed by atoms with E-state index in [1.807, 2.05) is 31.2 Å². The van der Waals surface area contributed by atoms with E-state index in [0.717, 1.165) is 69.6 Å². The highest BCUT2D eigenvalue weighted by Crippen LogP contribution is 2.11. The molecule has 0 spiro atoms. The minimum Gasteiger partial charge on any atom is -0.497 e. The molecule has 0 aliphatic rings. The third kappa shape index (κ3) is 9.63. The first-order valence-corrected chi connectivity index (χ1v) is 9.68. The quantitative estimate of drug-likeness (QED) is 0.320. The van der Waals surface area contributed by atoms with Gasteiger partial charge >= 0.3 is 0 Å². The Labute approximate surface area is 159 Å². The highest BCUT2D eigenvalue weighted by molar-refractivity contribution is 5.79. The van der Waals surface area contributed by atoms with E-state index in [1.165, 1.54) is 0 Å². The summed E-state index contributed by atoms with van der Waals surface area (Å²) in [5.74, 6) is 1.72. The van der Waals surface area contributed by atoms with Crippen LogP contribution in [0.5, 0.6) is 5.75 Å². The van der Waals surface area contributed by atoms with E-state index in [-0.39, 0.29) is 0 Å². The number of aliphatic imine (C=N–C) groups is 1. The van der Waals surface area contributed by atoms with Gasteiger partial charge in [0.25, 0.3) is 0 Å². The lowest BCUT2D eigenvalue weighted by molar-refractivity contribution is 0.145. The Morgan fingerprint density at radius 2 is 1.73 bits per heavy atom. The molecule has 6 nitrogen and oxygen atoms in total. The molecule has 0 aromatic heterocycles. The van der Waals surface area contributed by atoms with Crippen molar-refractivity contribution < 1.29 is 9.47 Å². The number of benzene rings is 1. The number of nitrogens with one attached hydrogen (secondary N) is 2. The Balaban J connectivity index is 2.53. The molecule has 0 amide bonds. The molecular formula is C20H36N4O2. The maximum absolute atomic E-state index is 5.39. The average Bonchev–Trinajstić information content (AvgIpc) is 2.69. The predicted molar refractivity (Wildman–Crippen MR) is 109 cm³/mol. The summed E-state index contributed by atoms with van der Waals surface area (Å²) in [7, 11) is 1.68. The van der Waals surface area contributed by atoms with E-state index >= 15 is 0 Å². The van der Waals surface area contributed by atoms with Crippen LogP contribution in [0.25, 0.3) is 0 Å². The van der Waals surface area contributed by atoms with E-state index in [0.29, 0.717) is 6.54 Å². The Morgan fingerprint density at radius 1 is 1.04 bits per heavy atom. The van der Waals surface area contributed by atoms with E-state index in [9.17, 15) is 0 Å². The highest BCUT2D eigenvalue weighted by atomic mass is 16.5. The molecule has 6 heteroatoms. The van der Waals surface area contributed by atoms with Crippen LogP contribution >= 0.6 is 0 Å². The van der Waals surface area contributed by atoms with Crippen molar-refractivity contribution >= 4 is 5.96 Å². The molecule has 0 unspecified atom stereocenters. The van der Waals surface area contributed by atoms with Crippen molar-refractivity contribution in [3.05, 3.63) is 29.8 Å². The molecule has 0 saturated carbocycles. The molecule has 148 valence electrons. The zero-order valence-corrected chi connectivity index (χ0v) is 16.9. The minimum absolute atomic E-state index is 0.635. The first-order valence-electron chi connectivity index (χ1n) is 9.68. The summed E-state index contributed by atoms with van der Waals surface area (Å²) >= 11 is 0. The summed E-state index contributed by atoms with van der Waals surface area (Å²) < 4.78 is 10.6. The van der Waals surface area contributed by atoms with Crippen molar-refractivity contribution in [2.45, 2.75) is 33.7 Å². The van der Waals surface area contributed by atoms with Gasteiger partial charge in [-0.3, -0.25) is 0 Å². The first kappa shape index (κ1) is 22.3. The van der Waals surface area contributed by atoms with Crippen LogP contribution < -0.4 is 15.4 Å². The van der Waals surface area contributed by atoms with Crippen LogP contribution in [0.3, 0.4) is 0 Å². The largest absolute Gasteiger partial charge is 0.497 e. The molecule has 1 rings (SSSR count). The van der Waals surface area contributed by atoms with E-state index < -0.39 is 0 Å². The lowest BCUT2D eigenvalue weighted by Gasteiger charge is -2.19. The second kappa shape index (κ2) is 14.4. The lowest BCUT2D eigenvalue weighted by atomic mass is 10.2. The van der Waals surface area contributed by atoms with Crippen molar-refractivity contribution in [1.82, 2.24) is 15.5 Å². The standard InChI is InChI=1S/C20H36N4O2/c1-5-24(6-2)15-14-22-20(21-13-8-16-26-7-3)23-17-18-9-11-19(25-4)12-10-18/h9-12H,5-8,13-17H2,1-4H3,(H2,21,22,23). The predicted octanol–water partition coefficient (Wildman–Crippen LogP) is 2.50. The van der Waals surface area contributed by atoms with Gasteiger partial charge in [-0.05, 0) is 44.1 Å². The van der Waals surface area contributed by atoms with E-state index in [4.69, 9.17) is 14.5 Å². The maximum atomic E-state index is 5.39. The van der Waals surface area contributed by atoms with Gasteiger partial charge in [0.1, 0.15) is 5.75 Å². The fraction of sp³-hybridized carbons (Fsp3) is 0.650. The van der Waals surface area contributed by atoms with E-state index in [2.05, 4.69) is 29.4 Å². The summed E-state index contributed by atoms with van der Waals surface area (Å²) in [5.41, 5.74) is 1.16. The molecule has 0 heterocycles. The zero-order chi connectivity index (χ0) is 19.0. The van der Waals surface area contributed by atoms with Crippen LogP contribution in [-0.2, 0) is 11.3 Å². The monoisotopic (exact) mass is 364 g/mol. The highest BCUT2D eigenvalue weighted by Gasteiger charge is 2.02. The molecule has 0 fully saturated rings. The summed E-state index contributed by atoms with van der Waals surface area (Å²) in [6.07, 6.45) is 0.965. The number of likely N-dealkylation sites (N-methyl/N-ethyl adjacent to an activating group) is 1. The number of hydrogen-bond acceptors (Lipinski definition) is 4. The lowest BCUT2D eigenvalue weighted by Crippen LogP contribution is -2.42. The van der Waals surface area contributed by atoms with Gasteiger partial charge in [0.05, 0.1) is 13.7 Å². The SMILES string of the molecule is CCOCCCNC(=NCc1ccc(OC)cc1)NCCN(CC)CC. The number of rotatable bonds is 13. The van der Waals surface area contributed by atoms with Crippen molar-refractivity contribution in [2.75, 3.05) is 53.0 Å². The van der Waals surface area contributed by atoms with Crippen molar-refractivity contribution in [3.8, 4) is 5.75 Å². The van der Waals surface area contributed by atoms with Crippen LogP contribution in [0.4, 0.5) is 0 Å². The normalized spacial score (nSPS) is 11.7. The van der Waals surface area contributed by atoms with Crippen molar-refractivity contribution in [3.63, 3.8) is 0 Å². The molecule has 0 saturated heterocycles. The van der Waals surface area contributed by atoms with Crippen LogP contribution in [-0.4, -0.2) is 63.9 Å². The topological polar surface area (TPSA) is 58.1 Å². The second-order valence-corrected chi connectivity index (χ2v) is 5.94. The van der Waals surface area contributed by atoms with E-state index in [1.54, 1.807) is 7.11 Å². The number of ether oxygens (including phenoxy) is 2. The van der Waals surface area contributed by atoms with Gasteiger partial charge in [-0.25, -0.2) is 4.99 Å².